The lowest BCUT2D eigenvalue weighted by Gasteiger charge is -2.44. The van der Waals surface area contributed by atoms with Gasteiger partial charge in [0.15, 0.2) is 0 Å². The van der Waals surface area contributed by atoms with Gasteiger partial charge in [-0.3, -0.25) is 14.5 Å². The largest absolute Gasteiger partial charge is 0.368 e. The topological polar surface area (TPSA) is 63.4 Å². The zero-order valence-corrected chi connectivity index (χ0v) is 8.24. The van der Waals surface area contributed by atoms with E-state index in [4.69, 9.17) is 5.73 Å². The Morgan fingerprint density at radius 2 is 2.14 bits per heavy atom. The fourth-order valence-electron chi connectivity index (χ4n) is 2.40. The molecule has 2 aliphatic rings. The van der Waals surface area contributed by atoms with E-state index in [1.54, 1.807) is 0 Å². The van der Waals surface area contributed by atoms with E-state index in [0.717, 1.165) is 32.2 Å². The minimum Gasteiger partial charge on any atom is -0.368 e. The highest BCUT2D eigenvalue weighted by atomic mass is 16.2. The summed E-state index contributed by atoms with van der Waals surface area (Å²) in [7, 11) is 0. The Labute approximate surface area is 83.4 Å². The van der Waals surface area contributed by atoms with E-state index in [0.29, 0.717) is 12.2 Å². The summed E-state index contributed by atoms with van der Waals surface area (Å²) in [4.78, 5) is 24.6. The number of carbonyl (C=O) groups excluding carboxylic acids is 2. The van der Waals surface area contributed by atoms with Crippen LogP contribution in [0.1, 0.15) is 32.1 Å². The molecule has 2 atom stereocenters. The molecule has 1 amide bonds. The minimum atomic E-state index is -0.283. The first-order valence-electron chi connectivity index (χ1n) is 5.28. The highest BCUT2D eigenvalue weighted by molar-refractivity contribution is 5.87. The second kappa shape index (κ2) is 3.69. The maximum atomic E-state index is 11.6. The third kappa shape index (κ3) is 1.54. The Bertz CT molecular complexity index is 265. The van der Waals surface area contributed by atoms with E-state index in [1.165, 1.54) is 0 Å². The molecular weight excluding hydrogens is 180 g/mol. The molecule has 78 valence electrons. The van der Waals surface area contributed by atoms with Crippen molar-refractivity contribution in [3.05, 3.63) is 0 Å². The van der Waals surface area contributed by atoms with Crippen molar-refractivity contribution >= 4 is 11.7 Å². The fourth-order valence-corrected chi connectivity index (χ4v) is 2.40. The summed E-state index contributed by atoms with van der Waals surface area (Å²) in [5.74, 6) is 0.0109. The molecule has 2 rings (SSSR count). The van der Waals surface area contributed by atoms with Gasteiger partial charge in [-0.25, -0.2) is 0 Å². The smallest absolute Gasteiger partial charge is 0.234 e. The predicted molar refractivity (Wildman–Crippen MR) is 51.6 cm³/mol. The molecule has 4 nitrogen and oxygen atoms in total. The number of nitrogens with two attached hydrogens (primary N) is 1. The first kappa shape index (κ1) is 9.65. The lowest BCUT2D eigenvalue weighted by molar-refractivity contribution is -0.137. The van der Waals surface area contributed by atoms with Crippen LogP contribution < -0.4 is 5.73 Å². The first-order valence-corrected chi connectivity index (χ1v) is 5.28. The van der Waals surface area contributed by atoms with Crippen molar-refractivity contribution < 1.29 is 9.59 Å². The molecule has 14 heavy (non-hydrogen) atoms. The Morgan fingerprint density at radius 3 is 2.64 bits per heavy atom. The van der Waals surface area contributed by atoms with Crippen LogP contribution in [-0.2, 0) is 9.59 Å². The lowest BCUT2D eigenvalue weighted by atomic mass is 9.88. The van der Waals surface area contributed by atoms with Gasteiger partial charge >= 0.3 is 0 Å². The molecule has 1 heterocycles. The molecule has 0 spiro atoms. The molecular formula is C10H16N2O2. The van der Waals surface area contributed by atoms with Gasteiger partial charge in [0.2, 0.25) is 5.91 Å². The number of nitrogens with zero attached hydrogens (tertiary/aromatic N) is 1. The molecule has 0 aromatic heterocycles. The standard InChI is InChI=1S/C10H16N2O2/c11-10(14)8-5-6-12(8)7-3-1-2-4-9(7)13/h7-8H,1-6H2,(H2,11,14). The van der Waals surface area contributed by atoms with E-state index < -0.39 is 0 Å². The van der Waals surface area contributed by atoms with E-state index in [1.807, 2.05) is 4.90 Å². The molecule has 0 aromatic carbocycles. The second-order valence-corrected chi connectivity index (χ2v) is 4.17. The van der Waals surface area contributed by atoms with Gasteiger partial charge < -0.3 is 5.73 Å². The van der Waals surface area contributed by atoms with E-state index >= 15 is 0 Å². The van der Waals surface area contributed by atoms with Crippen molar-refractivity contribution in [1.29, 1.82) is 0 Å². The van der Waals surface area contributed by atoms with Crippen molar-refractivity contribution in [2.75, 3.05) is 6.54 Å². The third-order valence-electron chi connectivity index (χ3n) is 3.31. The molecule has 2 unspecified atom stereocenters. The normalized spacial score (nSPS) is 33.9. The van der Waals surface area contributed by atoms with Crippen molar-refractivity contribution in [1.82, 2.24) is 4.90 Å². The summed E-state index contributed by atoms with van der Waals surface area (Å²) in [5, 5.41) is 0. The predicted octanol–water partition coefficient (Wildman–Crippen LogP) is 0.0577. The van der Waals surface area contributed by atoms with Crippen LogP contribution in [0.25, 0.3) is 0 Å². The van der Waals surface area contributed by atoms with Crippen LogP contribution in [0.15, 0.2) is 0 Å². The molecule has 0 radical (unpaired) electrons. The van der Waals surface area contributed by atoms with Crippen LogP contribution in [-0.4, -0.2) is 35.2 Å². The number of carbonyl (C=O) groups is 2. The van der Waals surface area contributed by atoms with Gasteiger partial charge in [-0.15, -0.1) is 0 Å². The second-order valence-electron chi connectivity index (χ2n) is 4.17. The number of Topliss-reactive ketones (excluding diaryl/α,β-unsaturated/α-hetero) is 1. The Hall–Kier alpha value is -0.900. The number of hydrogen-bond donors (Lipinski definition) is 1. The summed E-state index contributed by atoms with van der Waals surface area (Å²) in [6.07, 6.45) is 4.50. The van der Waals surface area contributed by atoms with E-state index in [2.05, 4.69) is 0 Å². The fraction of sp³-hybridized carbons (Fsp3) is 0.800. The van der Waals surface area contributed by atoms with E-state index in [-0.39, 0.29) is 18.0 Å². The number of amides is 1. The lowest BCUT2D eigenvalue weighted by Crippen LogP contribution is -2.61. The molecule has 2 fully saturated rings. The van der Waals surface area contributed by atoms with Crippen molar-refractivity contribution in [3.8, 4) is 0 Å². The summed E-state index contributed by atoms with van der Waals surface area (Å²) in [6, 6.07) is -0.197. The Balaban J connectivity index is 2.00. The number of rotatable bonds is 2. The maximum Gasteiger partial charge on any atom is 0.234 e. The van der Waals surface area contributed by atoms with Crippen LogP contribution in [0.3, 0.4) is 0 Å². The number of ketones is 1. The molecule has 1 aliphatic carbocycles. The van der Waals surface area contributed by atoms with Gasteiger partial charge in [-0.2, -0.15) is 0 Å². The molecule has 1 saturated heterocycles. The minimum absolute atomic E-state index is 0.0185. The zero-order chi connectivity index (χ0) is 10.1. The SMILES string of the molecule is NC(=O)C1CCN1C1CCCCC1=O. The Morgan fingerprint density at radius 1 is 1.36 bits per heavy atom. The molecule has 4 heteroatoms. The van der Waals surface area contributed by atoms with Crippen LogP contribution in [0.2, 0.25) is 0 Å². The van der Waals surface area contributed by atoms with Gasteiger partial charge in [-0.1, -0.05) is 6.42 Å². The van der Waals surface area contributed by atoms with Gasteiger partial charge in [0.05, 0.1) is 12.1 Å². The molecule has 0 bridgehead atoms. The highest BCUT2D eigenvalue weighted by Gasteiger charge is 2.40. The quantitative estimate of drug-likeness (QED) is 0.679. The summed E-state index contributed by atoms with van der Waals surface area (Å²) < 4.78 is 0. The van der Waals surface area contributed by atoms with Crippen LogP contribution in [0.5, 0.6) is 0 Å². The summed E-state index contributed by atoms with van der Waals surface area (Å²) in [5.41, 5.74) is 5.25. The monoisotopic (exact) mass is 196 g/mol. The van der Waals surface area contributed by atoms with Crippen LogP contribution in [0, 0.1) is 0 Å². The van der Waals surface area contributed by atoms with Gasteiger partial charge in [0, 0.05) is 13.0 Å². The third-order valence-corrected chi connectivity index (χ3v) is 3.31. The molecule has 1 saturated carbocycles. The average Bonchev–Trinajstić information content (AvgIpc) is 2.05. The number of primary amides is 1. The van der Waals surface area contributed by atoms with Crippen molar-refractivity contribution in [3.63, 3.8) is 0 Å². The highest BCUT2D eigenvalue weighted by Crippen LogP contribution is 2.27. The van der Waals surface area contributed by atoms with Gasteiger partial charge in [-0.05, 0) is 19.3 Å². The van der Waals surface area contributed by atoms with Crippen molar-refractivity contribution in [2.24, 2.45) is 5.73 Å². The zero-order valence-electron chi connectivity index (χ0n) is 8.24. The first-order chi connectivity index (χ1) is 6.70. The van der Waals surface area contributed by atoms with Gasteiger partial charge in [0.1, 0.15) is 5.78 Å². The van der Waals surface area contributed by atoms with Gasteiger partial charge in [0.25, 0.3) is 0 Å². The van der Waals surface area contributed by atoms with Crippen molar-refractivity contribution in [2.45, 2.75) is 44.2 Å². The molecule has 2 N–H and O–H groups in total. The summed E-state index contributed by atoms with van der Waals surface area (Å²) >= 11 is 0. The molecule has 1 aliphatic heterocycles. The summed E-state index contributed by atoms with van der Waals surface area (Å²) in [6.45, 7) is 0.851. The molecule has 0 aromatic rings. The van der Waals surface area contributed by atoms with Crippen LogP contribution in [0.4, 0.5) is 0 Å². The van der Waals surface area contributed by atoms with Crippen LogP contribution >= 0.6 is 0 Å². The average molecular weight is 196 g/mol. The van der Waals surface area contributed by atoms with E-state index in [9.17, 15) is 9.59 Å². The maximum absolute atomic E-state index is 11.6. The Kier molecular flexibility index (Phi) is 2.54. The number of hydrogen-bond acceptors (Lipinski definition) is 3. The number of likely N-dealkylation sites (tertiary alicyclic amines) is 1.